The molecule has 0 unspecified atom stereocenters. The molecule has 124 valence electrons. The minimum Gasteiger partial charge on any atom is -0.340 e. The van der Waals surface area contributed by atoms with Gasteiger partial charge in [0, 0.05) is 17.4 Å². The zero-order valence-electron chi connectivity index (χ0n) is 14.5. The second-order valence-corrected chi connectivity index (χ2v) is 5.90. The topological polar surface area (TPSA) is 73.6 Å². The van der Waals surface area contributed by atoms with E-state index in [2.05, 4.69) is 52.7 Å². The molecule has 25 heavy (non-hydrogen) atoms. The average molecular weight is 329 g/mol. The number of nitriles is 1. The van der Waals surface area contributed by atoms with Gasteiger partial charge in [-0.3, -0.25) is 0 Å². The van der Waals surface area contributed by atoms with Gasteiger partial charge in [-0.25, -0.2) is 9.97 Å². The number of hydrogen-bond donors (Lipinski definition) is 2. The van der Waals surface area contributed by atoms with Crippen molar-refractivity contribution in [2.75, 3.05) is 10.6 Å². The fourth-order valence-electron chi connectivity index (χ4n) is 2.65. The third-order valence-electron chi connectivity index (χ3n) is 3.84. The second-order valence-electron chi connectivity index (χ2n) is 5.90. The van der Waals surface area contributed by atoms with Crippen molar-refractivity contribution in [1.29, 1.82) is 5.26 Å². The number of rotatable bonds is 4. The molecule has 0 aliphatic rings. The van der Waals surface area contributed by atoms with Crippen LogP contribution < -0.4 is 10.6 Å². The predicted octanol–water partition coefficient (Wildman–Crippen LogP) is 4.76. The highest BCUT2D eigenvalue weighted by Crippen LogP contribution is 2.25. The molecule has 0 aliphatic carbocycles. The first kappa shape index (κ1) is 16.5. The maximum atomic E-state index is 9.02. The number of nitrogens with one attached hydrogen (secondary N) is 2. The summed E-state index contributed by atoms with van der Waals surface area (Å²) in [4.78, 5) is 8.90. The van der Waals surface area contributed by atoms with Crippen LogP contribution in [-0.2, 0) is 0 Å². The van der Waals surface area contributed by atoms with Gasteiger partial charge < -0.3 is 10.6 Å². The third kappa shape index (κ3) is 3.93. The average Bonchev–Trinajstić information content (AvgIpc) is 2.58. The van der Waals surface area contributed by atoms with Gasteiger partial charge in [0.1, 0.15) is 17.5 Å². The van der Waals surface area contributed by atoms with Gasteiger partial charge in [-0.15, -0.1) is 0 Å². The molecule has 0 spiro atoms. The number of aryl methyl sites for hydroxylation is 3. The van der Waals surface area contributed by atoms with Crippen LogP contribution in [0.15, 0.2) is 48.5 Å². The Labute approximate surface area is 147 Å². The highest BCUT2D eigenvalue weighted by molar-refractivity contribution is 5.67. The smallest absolute Gasteiger partial charge is 0.136 e. The maximum absolute atomic E-state index is 9.02. The summed E-state index contributed by atoms with van der Waals surface area (Å²) >= 11 is 0. The van der Waals surface area contributed by atoms with E-state index in [-0.39, 0.29) is 0 Å². The van der Waals surface area contributed by atoms with Crippen LogP contribution in [0.5, 0.6) is 0 Å². The predicted molar refractivity (Wildman–Crippen MR) is 100 cm³/mol. The monoisotopic (exact) mass is 329 g/mol. The van der Waals surface area contributed by atoms with E-state index in [1.54, 1.807) is 12.1 Å². The first-order chi connectivity index (χ1) is 12.0. The Morgan fingerprint density at radius 2 is 1.48 bits per heavy atom. The second kappa shape index (κ2) is 7.02. The Balaban J connectivity index is 1.89. The fraction of sp³-hybridized carbons (Fsp3) is 0.150. The first-order valence-electron chi connectivity index (χ1n) is 8.01. The van der Waals surface area contributed by atoms with Crippen LogP contribution >= 0.6 is 0 Å². The lowest BCUT2D eigenvalue weighted by atomic mass is 10.1. The van der Waals surface area contributed by atoms with Gasteiger partial charge in [-0.05, 0) is 50.1 Å². The summed E-state index contributed by atoms with van der Waals surface area (Å²) < 4.78 is 0. The van der Waals surface area contributed by atoms with Crippen LogP contribution in [0.2, 0.25) is 0 Å². The largest absolute Gasteiger partial charge is 0.340 e. The van der Waals surface area contributed by atoms with E-state index in [4.69, 9.17) is 5.26 Å². The molecule has 0 bridgehead atoms. The van der Waals surface area contributed by atoms with E-state index < -0.39 is 0 Å². The van der Waals surface area contributed by atoms with E-state index in [0.717, 1.165) is 28.3 Å². The SMILES string of the molecule is Cc1nc(Nc2cccc(C#N)c2)cc(Nc2c(C)cccc2C)n1. The number of benzene rings is 2. The molecule has 3 aromatic rings. The van der Waals surface area contributed by atoms with Gasteiger partial charge in [0.2, 0.25) is 0 Å². The van der Waals surface area contributed by atoms with Gasteiger partial charge in [-0.1, -0.05) is 24.3 Å². The first-order valence-corrected chi connectivity index (χ1v) is 8.01. The molecule has 2 aromatic carbocycles. The van der Waals surface area contributed by atoms with Gasteiger partial charge in [-0.2, -0.15) is 5.26 Å². The number of aromatic nitrogens is 2. The van der Waals surface area contributed by atoms with Crippen molar-refractivity contribution in [1.82, 2.24) is 9.97 Å². The molecular formula is C20H19N5. The normalized spacial score (nSPS) is 10.2. The molecule has 0 radical (unpaired) electrons. The molecule has 0 atom stereocenters. The Bertz CT molecular complexity index is 936. The molecule has 0 fully saturated rings. The van der Waals surface area contributed by atoms with Gasteiger partial charge >= 0.3 is 0 Å². The molecular weight excluding hydrogens is 310 g/mol. The van der Waals surface area contributed by atoms with Gasteiger partial charge in [0.25, 0.3) is 0 Å². The maximum Gasteiger partial charge on any atom is 0.136 e. The van der Waals surface area contributed by atoms with E-state index in [1.807, 2.05) is 31.2 Å². The molecule has 5 heteroatoms. The Morgan fingerprint density at radius 1 is 0.840 bits per heavy atom. The molecule has 0 saturated heterocycles. The number of hydrogen-bond acceptors (Lipinski definition) is 5. The highest BCUT2D eigenvalue weighted by Gasteiger charge is 2.07. The summed E-state index contributed by atoms with van der Waals surface area (Å²) in [6, 6.07) is 17.5. The van der Waals surface area contributed by atoms with E-state index in [1.165, 1.54) is 0 Å². The minimum absolute atomic E-state index is 0.602. The number of para-hydroxylation sites is 1. The van der Waals surface area contributed by atoms with Crippen molar-refractivity contribution in [2.45, 2.75) is 20.8 Å². The molecule has 0 saturated carbocycles. The Morgan fingerprint density at radius 3 is 2.16 bits per heavy atom. The lowest BCUT2D eigenvalue weighted by Gasteiger charge is -2.14. The summed E-state index contributed by atoms with van der Waals surface area (Å²) in [5, 5.41) is 15.6. The molecule has 0 aliphatic heterocycles. The summed E-state index contributed by atoms with van der Waals surface area (Å²) in [7, 11) is 0. The van der Waals surface area contributed by atoms with Crippen LogP contribution in [0, 0.1) is 32.1 Å². The van der Waals surface area contributed by atoms with Crippen LogP contribution in [0.3, 0.4) is 0 Å². The Kier molecular flexibility index (Phi) is 4.62. The summed E-state index contributed by atoms with van der Waals surface area (Å²) in [6.07, 6.45) is 0. The van der Waals surface area contributed by atoms with E-state index in [9.17, 15) is 0 Å². The van der Waals surface area contributed by atoms with Crippen molar-refractivity contribution in [3.05, 3.63) is 71.0 Å². The standard InChI is InChI=1S/C20H19N5/c1-13-6-4-7-14(2)20(13)25-19-11-18(22-15(3)23-19)24-17-9-5-8-16(10-17)12-21/h4-11H,1-3H3,(H2,22,23,24,25). The minimum atomic E-state index is 0.602. The zero-order chi connectivity index (χ0) is 17.8. The molecule has 1 aromatic heterocycles. The van der Waals surface area contributed by atoms with E-state index in [0.29, 0.717) is 17.2 Å². The molecule has 3 rings (SSSR count). The number of anilines is 4. The summed E-state index contributed by atoms with van der Waals surface area (Å²) in [5.41, 5.74) is 4.79. The quantitative estimate of drug-likeness (QED) is 0.722. The van der Waals surface area contributed by atoms with Crippen molar-refractivity contribution in [3.8, 4) is 6.07 Å². The number of nitrogens with zero attached hydrogens (tertiary/aromatic N) is 3. The van der Waals surface area contributed by atoms with Crippen molar-refractivity contribution in [2.24, 2.45) is 0 Å². The molecule has 5 nitrogen and oxygen atoms in total. The lowest BCUT2D eigenvalue weighted by molar-refractivity contribution is 1.06. The third-order valence-corrected chi connectivity index (χ3v) is 3.84. The molecule has 0 amide bonds. The summed E-state index contributed by atoms with van der Waals surface area (Å²) in [6.45, 7) is 5.98. The van der Waals surface area contributed by atoms with Crippen LogP contribution in [0.4, 0.5) is 23.0 Å². The van der Waals surface area contributed by atoms with Gasteiger partial charge in [0.15, 0.2) is 0 Å². The van der Waals surface area contributed by atoms with Crippen molar-refractivity contribution >= 4 is 23.0 Å². The molecule has 2 N–H and O–H groups in total. The van der Waals surface area contributed by atoms with Crippen LogP contribution in [0.1, 0.15) is 22.5 Å². The lowest BCUT2D eigenvalue weighted by Crippen LogP contribution is -2.03. The zero-order valence-corrected chi connectivity index (χ0v) is 14.5. The van der Waals surface area contributed by atoms with Crippen molar-refractivity contribution in [3.63, 3.8) is 0 Å². The van der Waals surface area contributed by atoms with Crippen LogP contribution in [0.25, 0.3) is 0 Å². The van der Waals surface area contributed by atoms with Crippen molar-refractivity contribution < 1.29 is 0 Å². The van der Waals surface area contributed by atoms with Gasteiger partial charge in [0.05, 0.1) is 11.6 Å². The highest BCUT2D eigenvalue weighted by atomic mass is 15.1. The fourth-order valence-corrected chi connectivity index (χ4v) is 2.65. The van der Waals surface area contributed by atoms with Crippen LogP contribution in [-0.4, -0.2) is 9.97 Å². The summed E-state index contributed by atoms with van der Waals surface area (Å²) in [5.74, 6) is 2.07. The molecule has 1 heterocycles. The van der Waals surface area contributed by atoms with E-state index >= 15 is 0 Å². The Hall–Kier alpha value is -3.39.